The van der Waals surface area contributed by atoms with Crippen molar-refractivity contribution in [3.63, 3.8) is 0 Å². The van der Waals surface area contributed by atoms with Crippen molar-refractivity contribution < 1.29 is 14.4 Å². The van der Waals surface area contributed by atoms with Crippen molar-refractivity contribution in [3.05, 3.63) is 57.6 Å². The molecular formula is C20H20ClN3O3. The second-order valence-corrected chi connectivity index (χ2v) is 7.26. The van der Waals surface area contributed by atoms with E-state index < -0.39 is 6.03 Å². The number of nitrogens with zero attached hydrogens (tertiary/aromatic N) is 1. The van der Waals surface area contributed by atoms with Crippen molar-refractivity contribution in [1.29, 1.82) is 0 Å². The van der Waals surface area contributed by atoms with Gasteiger partial charge in [-0.15, -0.1) is 0 Å². The minimum Gasteiger partial charge on any atom is -0.308 e. The van der Waals surface area contributed by atoms with Crippen LogP contribution in [0.1, 0.15) is 45.7 Å². The number of aryl methyl sites for hydroxylation is 2. The van der Waals surface area contributed by atoms with Crippen molar-refractivity contribution in [2.45, 2.75) is 33.7 Å². The number of anilines is 2. The molecule has 0 radical (unpaired) electrons. The van der Waals surface area contributed by atoms with Crippen LogP contribution < -0.4 is 10.6 Å². The van der Waals surface area contributed by atoms with Gasteiger partial charge >= 0.3 is 6.03 Å². The van der Waals surface area contributed by atoms with Crippen LogP contribution >= 0.6 is 11.6 Å². The number of hydrogen-bond acceptors (Lipinski definition) is 3. The molecule has 1 heterocycles. The van der Waals surface area contributed by atoms with Gasteiger partial charge in [0.15, 0.2) is 0 Å². The van der Waals surface area contributed by atoms with Gasteiger partial charge in [-0.05, 0) is 63.1 Å². The van der Waals surface area contributed by atoms with Gasteiger partial charge in [0, 0.05) is 11.7 Å². The topological polar surface area (TPSA) is 78.5 Å². The lowest BCUT2D eigenvalue weighted by molar-refractivity contribution is 0.0609. The van der Waals surface area contributed by atoms with E-state index in [1.165, 1.54) is 11.0 Å². The quantitative estimate of drug-likeness (QED) is 0.757. The van der Waals surface area contributed by atoms with Crippen LogP contribution in [-0.2, 0) is 0 Å². The Morgan fingerprint density at radius 1 is 1.00 bits per heavy atom. The average molecular weight is 386 g/mol. The maximum absolute atomic E-state index is 12.5. The predicted octanol–water partition coefficient (Wildman–Crippen LogP) is 4.61. The number of amides is 4. The smallest absolute Gasteiger partial charge is 0.308 e. The first-order chi connectivity index (χ1) is 12.7. The maximum atomic E-state index is 12.5. The molecule has 2 aromatic carbocycles. The van der Waals surface area contributed by atoms with Crippen molar-refractivity contribution >= 4 is 40.8 Å². The second-order valence-electron chi connectivity index (χ2n) is 6.85. The van der Waals surface area contributed by atoms with E-state index in [0.717, 1.165) is 11.1 Å². The van der Waals surface area contributed by atoms with Crippen molar-refractivity contribution in [3.8, 4) is 0 Å². The van der Waals surface area contributed by atoms with Gasteiger partial charge in [0.1, 0.15) is 0 Å². The zero-order valence-electron chi connectivity index (χ0n) is 15.5. The Kier molecular flexibility index (Phi) is 4.93. The lowest BCUT2D eigenvalue weighted by atomic mass is 10.1. The van der Waals surface area contributed by atoms with E-state index in [4.69, 9.17) is 11.6 Å². The molecular weight excluding hydrogens is 366 g/mol. The summed E-state index contributed by atoms with van der Waals surface area (Å²) in [5.41, 5.74) is 3.42. The Bertz CT molecular complexity index is 946. The number of hydrogen-bond donors (Lipinski definition) is 2. The van der Waals surface area contributed by atoms with Gasteiger partial charge < -0.3 is 10.6 Å². The minimum atomic E-state index is -0.485. The van der Waals surface area contributed by atoms with Gasteiger partial charge in [-0.25, -0.2) is 4.79 Å². The summed E-state index contributed by atoms with van der Waals surface area (Å²) in [4.78, 5) is 38.3. The normalized spacial score (nSPS) is 13.2. The minimum absolute atomic E-state index is 0.233. The van der Waals surface area contributed by atoms with Crippen LogP contribution in [0.25, 0.3) is 0 Å². The predicted molar refractivity (Wildman–Crippen MR) is 106 cm³/mol. The fourth-order valence-electron chi connectivity index (χ4n) is 3.16. The van der Waals surface area contributed by atoms with Crippen LogP contribution in [0.3, 0.4) is 0 Å². The first-order valence-electron chi connectivity index (χ1n) is 8.55. The summed E-state index contributed by atoms with van der Waals surface area (Å²) in [7, 11) is 0. The third-order valence-corrected chi connectivity index (χ3v) is 4.66. The molecule has 0 saturated heterocycles. The van der Waals surface area contributed by atoms with Crippen molar-refractivity contribution in [2.24, 2.45) is 0 Å². The number of urea groups is 1. The highest BCUT2D eigenvalue weighted by molar-refractivity contribution is 6.34. The monoisotopic (exact) mass is 385 g/mol. The van der Waals surface area contributed by atoms with Crippen molar-refractivity contribution in [1.82, 2.24) is 4.90 Å². The van der Waals surface area contributed by atoms with Gasteiger partial charge in [0.2, 0.25) is 0 Å². The molecule has 0 fully saturated rings. The Morgan fingerprint density at radius 2 is 1.67 bits per heavy atom. The van der Waals surface area contributed by atoms with Gasteiger partial charge in [-0.1, -0.05) is 17.7 Å². The zero-order chi connectivity index (χ0) is 19.9. The first kappa shape index (κ1) is 18.9. The van der Waals surface area contributed by atoms with E-state index in [1.54, 1.807) is 32.0 Å². The van der Waals surface area contributed by atoms with Crippen molar-refractivity contribution in [2.75, 3.05) is 10.6 Å². The number of imide groups is 1. The Balaban J connectivity index is 1.80. The first-order valence-corrected chi connectivity index (χ1v) is 8.93. The Labute approximate surface area is 162 Å². The molecule has 0 spiro atoms. The van der Waals surface area contributed by atoms with Crippen LogP contribution in [0.4, 0.5) is 16.2 Å². The molecule has 1 aliphatic heterocycles. The molecule has 0 unspecified atom stereocenters. The highest BCUT2D eigenvalue weighted by Gasteiger charge is 2.37. The highest BCUT2D eigenvalue weighted by Crippen LogP contribution is 2.29. The maximum Gasteiger partial charge on any atom is 0.323 e. The fraction of sp³-hybridized carbons (Fsp3) is 0.250. The van der Waals surface area contributed by atoms with Gasteiger partial charge in [0.25, 0.3) is 11.8 Å². The molecule has 1 aliphatic rings. The molecule has 3 rings (SSSR count). The second kappa shape index (κ2) is 7.04. The molecule has 6 nitrogen and oxygen atoms in total. The molecule has 0 atom stereocenters. The van der Waals surface area contributed by atoms with E-state index in [0.29, 0.717) is 22.0 Å². The van der Waals surface area contributed by atoms with E-state index in [-0.39, 0.29) is 23.4 Å². The number of carbonyl (C=O) groups is 3. The SMILES string of the molecule is Cc1cc(C)c(NC(=O)Nc2ccc3c(c2)C(=O)N(C(C)C)C3=O)c(Cl)c1. The number of rotatable bonds is 3. The average Bonchev–Trinajstić information content (AvgIpc) is 2.81. The van der Waals surface area contributed by atoms with Gasteiger partial charge in [-0.3, -0.25) is 14.5 Å². The van der Waals surface area contributed by atoms with Crippen LogP contribution in [0.5, 0.6) is 0 Å². The molecule has 0 bridgehead atoms. The Hall–Kier alpha value is -2.86. The number of benzene rings is 2. The number of fused-ring (bicyclic) bond motifs is 1. The van der Waals surface area contributed by atoms with Gasteiger partial charge in [-0.2, -0.15) is 0 Å². The molecule has 0 aliphatic carbocycles. The van der Waals surface area contributed by atoms with Crippen LogP contribution in [0.2, 0.25) is 5.02 Å². The summed E-state index contributed by atoms with van der Waals surface area (Å²) in [6, 6.07) is 7.63. The number of halogens is 1. The number of nitrogens with one attached hydrogen (secondary N) is 2. The third-order valence-electron chi connectivity index (χ3n) is 4.36. The lowest BCUT2D eigenvalue weighted by Crippen LogP contribution is -2.35. The molecule has 2 aromatic rings. The molecule has 0 saturated carbocycles. The third kappa shape index (κ3) is 3.53. The van der Waals surface area contributed by atoms with Gasteiger partial charge in [0.05, 0.1) is 21.8 Å². The molecule has 27 heavy (non-hydrogen) atoms. The van der Waals surface area contributed by atoms with E-state index >= 15 is 0 Å². The molecule has 2 N–H and O–H groups in total. The lowest BCUT2D eigenvalue weighted by Gasteiger charge is -2.17. The van der Waals surface area contributed by atoms with Crippen LogP contribution in [0.15, 0.2) is 30.3 Å². The number of carbonyl (C=O) groups excluding carboxylic acids is 3. The summed E-state index contributed by atoms with van der Waals surface area (Å²) in [5, 5.41) is 5.85. The molecule has 4 amide bonds. The van der Waals surface area contributed by atoms with Crippen LogP contribution in [0, 0.1) is 13.8 Å². The summed E-state index contributed by atoms with van der Waals surface area (Å²) < 4.78 is 0. The zero-order valence-corrected chi connectivity index (χ0v) is 16.3. The summed E-state index contributed by atoms with van der Waals surface area (Å²) in [6.07, 6.45) is 0. The van der Waals surface area contributed by atoms with Crippen LogP contribution in [-0.4, -0.2) is 28.8 Å². The molecule has 140 valence electrons. The summed E-state index contributed by atoms with van der Waals surface area (Å²) >= 11 is 6.21. The fourth-order valence-corrected chi connectivity index (χ4v) is 3.52. The Morgan fingerprint density at radius 3 is 2.30 bits per heavy atom. The largest absolute Gasteiger partial charge is 0.323 e. The van der Waals surface area contributed by atoms with E-state index in [2.05, 4.69) is 10.6 Å². The standard InChI is InChI=1S/C20H20ClN3O3/c1-10(2)24-18(25)14-6-5-13(9-15(14)19(24)26)22-20(27)23-17-12(4)7-11(3)8-16(17)21/h5-10H,1-4H3,(H2,22,23,27). The highest BCUT2D eigenvalue weighted by atomic mass is 35.5. The molecule has 7 heteroatoms. The summed E-state index contributed by atoms with van der Waals surface area (Å²) in [6.45, 7) is 7.34. The van der Waals surface area contributed by atoms with E-state index in [1.807, 2.05) is 19.9 Å². The summed E-state index contributed by atoms with van der Waals surface area (Å²) in [5.74, 6) is -0.672. The van der Waals surface area contributed by atoms with E-state index in [9.17, 15) is 14.4 Å². The molecule has 0 aromatic heterocycles.